The average Bonchev–Trinajstić information content (AvgIpc) is 3.47. The molecule has 28 heavy (non-hydrogen) atoms. The second-order valence-electron chi connectivity index (χ2n) is 8.37. The highest BCUT2D eigenvalue weighted by Crippen LogP contribution is 2.30. The van der Waals surface area contributed by atoms with E-state index in [0.717, 1.165) is 12.8 Å². The summed E-state index contributed by atoms with van der Waals surface area (Å²) in [5.41, 5.74) is 2.58. The Morgan fingerprint density at radius 1 is 1.00 bits per heavy atom. The van der Waals surface area contributed by atoms with Crippen LogP contribution in [0.3, 0.4) is 0 Å². The third-order valence-corrected chi connectivity index (χ3v) is 4.75. The normalized spacial score (nSPS) is 14.9. The first kappa shape index (κ1) is 19.9. The highest BCUT2D eigenvalue weighted by molar-refractivity contribution is 5.97. The van der Waals surface area contributed by atoms with Gasteiger partial charge in [-0.2, -0.15) is 0 Å². The number of benzene rings is 2. The summed E-state index contributed by atoms with van der Waals surface area (Å²) in [4.78, 5) is 24.4. The Labute approximate surface area is 166 Å². The van der Waals surface area contributed by atoms with Crippen molar-refractivity contribution < 1.29 is 14.3 Å². The van der Waals surface area contributed by atoms with Crippen LogP contribution in [0.15, 0.2) is 48.5 Å². The summed E-state index contributed by atoms with van der Waals surface area (Å²) >= 11 is 0. The maximum atomic E-state index is 12.5. The standard InChI is InChI=1S/C23H28N2O3/c1-15(28-20-12-10-17(11-13-20)23(2,3)4)21(26)24-18-6-5-7-19(14-18)25-22(27)16-8-9-16/h5-7,10-16H,8-9H2,1-4H3,(H,24,26)(H,25,27). The van der Waals surface area contributed by atoms with Gasteiger partial charge >= 0.3 is 0 Å². The molecule has 5 nitrogen and oxygen atoms in total. The molecule has 1 atom stereocenters. The molecule has 1 aliphatic rings. The highest BCUT2D eigenvalue weighted by atomic mass is 16.5. The fourth-order valence-corrected chi connectivity index (χ4v) is 2.80. The molecule has 2 aromatic rings. The van der Waals surface area contributed by atoms with Gasteiger partial charge in [-0.3, -0.25) is 9.59 Å². The summed E-state index contributed by atoms with van der Waals surface area (Å²) in [5.74, 6) is 0.585. The van der Waals surface area contributed by atoms with Crippen LogP contribution in [0.4, 0.5) is 11.4 Å². The topological polar surface area (TPSA) is 67.4 Å². The van der Waals surface area contributed by atoms with Crippen LogP contribution in [-0.4, -0.2) is 17.9 Å². The lowest BCUT2D eigenvalue weighted by Gasteiger charge is -2.20. The van der Waals surface area contributed by atoms with Crippen molar-refractivity contribution in [1.29, 1.82) is 0 Å². The monoisotopic (exact) mass is 380 g/mol. The molecule has 0 bridgehead atoms. The number of anilines is 2. The lowest BCUT2D eigenvalue weighted by atomic mass is 9.87. The number of amides is 2. The minimum atomic E-state index is -0.648. The summed E-state index contributed by atoms with van der Waals surface area (Å²) in [6.07, 6.45) is 1.26. The molecule has 2 amide bonds. The van der Waals surface area contributed by atoms with Crippen LogP contribution in [0.25, 0.3) is 0 Å². The predicted molar refractivity (Wildman–Crippen MR) is 112 cm³/mol. The van der Waals surface area contributed by atoms with Gasteiger partial charge in [0, 0.05) is 17.3 Å². The maximum Gasteiger partial charge on any atom is 0.265 e. The lowest BCUT2D eigenvalue weighted by molar-refractivity contribution is -0.122. The quantitative estimate of drug-likeness (QED) is 0.761. The van der Waals surface area contributed by atoms with Crippen molar-refractivity contribution in [1.82, 2.24) is 0 Å². The largest absolute Gasteiger partial charge is 0.481 e. The molecular formula is C23H28N2O3. The summed E-state index contributed by atoms with van der Waals surface area (Å²) in [6.45, 7) is 8.17. The number of nitrogens with one attached hydrogen (secondary N) is 2. The molecule has 1 saturated carbocycles. The molecule has 2 aromatic carbocycles. The molecule has 5 heteroatoms. The number of hydrogen-bond acceptors (Lipinski definition) is 3. The highest BCUT2D eigenvalue weighted by Gasteiger charge is 2.29. The minimum absolute atomic E-state index is 0.0406. The van der Waals surface area contributed by atoms with E-state index in [1.807, 2.05) is 30.3 Å². The van der Waals surface area contributed by atoms with E-state index in [9.17, 15) is 9.59 Å². The van der Waals surface area contributed by atoms with Gasteiger partial charge in [0.2, 0.25) is 5.91 Å². The van der Waals surface area contributed by atoms with Gasteiger partial charge < -0.3 is 15.4 Å². The molecule has 1 unspecified atom stereocenters. The Kier molecular flexibility index (Phi) is 5.73. The molecule has 3 rings (SSSR count). The van der Waals surface area contributed by atoms with E-state index >= 15 is 0 Å². The van der Waals surface area contributed by atoms with Gasteiger partial charge in [-0.15, -0.1) is 0 Å². The molecular weight excluding hydrogens is 352 g/mol. The summed E-state index contributed by atoms with van der Waals surface area (Å²) in [6, 6.07) is 15.0. The molecule has 0 saturated heterocycles. The Bertz CT molecular complexity index is 849. The van der Waals surface area contributed by atoms with Crippen LogP contribution in [0, 0.1) is 5.92 Å². The van der Waals surface area contributed by atoms with Crippen LogP contribution in [0.5, 0.6) is 5.75 Å². The number of rotatable bonds is 6. The zero-order chi connectivity index (χ0) is 20.3. The van der Waals surface area contributed by atoms with E-state index in [1.54, 1.807) is 25.1 Å². The predicted octanol–water partition coefficient (Wildman–Crippen LogP) is 4.74. The van der Waals surface area contributed by atoms with Crippen LogP contribution < -0.4 is 15.4 Å². The molecule has 0 radical (unpaired) electrons. The molecule has 2 N–H and O–H groups in total. The smallest absolute Gasteiger partial charge is 0.265 e. The molecule has 0 aliphatic heterocycles. The number of carbonyl (C=O) groups is 2. The number of hydrogen-bond donors (Lipinski definition) is 2. The van der Waals surface area contributed by atoms with Crippen LogP contribution in [-0.2, 0) is 15.0 Å². The second-order valence-corrected chi connectivity index (χ2v) is 8.37. The van der Waals surface area contributed by atoms with Gasteiger partial charge in [0.05, 0.1) is 0 Å². The van der Waals surface area contributed by atoms with Crippen molar-refractivity contribution in [2.45, 2.75) is 52.1 Å². The molecule has 0 heterocycles. The van der Waals surface area contributed by atoms with Crippen LogP contribution in [0.1, 0.15) is 46.1 Å². The third kappa shape index (κ3) is 5.35. The zero-order valence-corrected chi connectivity index (χ0v) is 16.9. The molecule has 148 valence electrons. The minimum Gasteiger partial charge on any atom is -0.481 e. The first-order valence-corrected chi connectivity index (χ1v) is 9.71. The Hall–Kier alpha value is -2.82. The fraction of sp³-hybridized carbons (Fsp3) is 0.391. The summed E-state index contributed by atoms with van der Waals surface area (Å²) in [7, 11) is 0. The Morgan fingerprint density at radius 2 is 1.61 bits per heavy atom. The van der Waals surface area contributed by atoms with Crippen LogP contribution in [0.2, 0.25) is 0 Å². The first-order valence-electron chi connectivity index (χ1n) is 9.71. The third-order valence-electron chi connectivity index (χ3n) is 4.75. The van der Waals surface area contributed by atoms with Gasteiger partial charge in [-0.05, 0) is 61.1 Å². The lowest BCUT2D eigenvalue weighted by Crippen LogP contribution is -2.30. The molecule has 1 aliphatic carbocycles. The Balaban J connectivity index is 1.57. The fourth-order valence-electron chi connectivity index (χ4n) is 2.80. The Morgan fingerprint density at radius 3 is 2.18 bits per heavy atom. The van der Waals surface area contributed by atoms with Gasteiger partial charge in [-0.1, -0.05) is 39.0 Å². The van der Waals surface area contributed by atoms with E-state index < -0.39 is 6.10 Å². The van der Waals surface area contributed by atoms with E-state index in [0.29, 0.717) is 17.1 Å². The van der Waals surface area contributed by atoms with Gasteiger partial charge in [0.1, 0.15) is 5.75 Å². The van der Waals surface area contributed by atoms with Crippen LogP contribution >= 0.6 is 0 Å². The van der Waals surface area contributed by atoms with Crippen molar-refractivity contribution in [2.75, 3.05) is 10.6 Å². The molecule has 1 fully saturated rings. The van der Waals surface area contributed by atoms with Gasteiger partial charge in [-0.25, -0.2) is 0 Å². The van der Waals surface area contributed by atoms with Crippen molar-refractivity contribution in [2.24, 2.45) is 5.92 Å². The first-order chi connectivity index (χ1) is 13.2. The van der Waals surface area contributed by atoms with Crippen molar-refractivity contribution in [3.8, 4) is 5.75 Å². The van der Waals surface area contributed by atoms with Crippen molar-refractivity contribution in [3.63, 3.8) is 0 Å². The van der Waals surface area contributed by atoms with E-state index in [1.165, 1.54) is 5.56 Å². The maximum absolute atomic E-state index is 12.5. The molecule has 0 aromatic heterocycles. The SMILES string of the molecule is CC(Oc1ccc(C(C)(C)C)cc1)C(=O)Nc1cccc(NC(=O)C2CC2)c1. The van der Waals surface area contributed by atoms with E-state index in [-0.39, 0.29) is 23.1 Å². The van der Waals surface area contributed by atoms with Gasteiger partial charge in [0.15, 0.2) is 6.10 Å². The number of carbonyl (C=O) groups excluding carboxylic acids is 2. The summed E-state index contributed by atoms with van der Waals surface area (Å²) in [5, 5.41) is 5.72. The summed E-state index contributed by atoms with van der Waals surface area (Å²) < 4.78 is 5.77. The van der Waals surface area contributed by atoms with E-state index in [4.69, 9.17) is 4.74 Å². The van der Waals surface area contributed by atoms with Crippen molar-refractivity contribution in [3.05, 3.63) is 54.1 Å². The van der Waals surface area contributed by atoms with Crippen molar-refractivity contribution >= 4 is 23.2 Å². The number of ether oxygens (including phenoxy) is 1. The second kappa shape index (κ2) is 8.05. The average molecular weight is 380 g/mol. The zero-order valence-electron chi connectivity index (χ0n) is 16.9. The molecule has 0 spiro atoms. The van der Waals surface area contributed by atoms with Gasteiger partial charge in [0.25, 0.3) is 5.91 Å². The van der Waals surface area contributed by atoms with E-state index in [2.05, 4.69) is 31.4 Å².